The number of carbonyl (C=O) groups excluding carboxylic acids is 2. The molecular formula is C22H35IN6O2. The van der Waals surface area contributed by atoms with Crippen molar-refractivity contribution < 1.29 is 9.59 Å². The van der Waals surface area contributed by atoms with Crippen molar-refractivity contribution in [2.75, 3.05) is 60.4 Å². The summed E-state index contributed by atoms with van der Waals surface area (Å²) in [5.41, 5.74) is 1.12. The van der Waals surface area contributed by atoms with Crippen molar-refractivity contribution in [1.82, 2.24) is 24.9 Å². The fourth-order valence-electron chi connectivity index (χ4n) is 3.90. The van der Waals surface area contributed by atoms with E-state index in [0.717, 1.165) is 30.9 Å². The lowest BCUT2D eigenvalue weighted by atomic mass is 10.1. The van der Waals surface area contributed by atoms with Gasteiger partial charge in [-0.2, -0.15) is 0 Å². The van der Waals surface area contributed by atoms with E-state index in [2.05, 4.69) is 15.1 Å². The van der Waals surface area contributed by atoms with Crippen molar-refractivity contribution in [2.24, 2.45) is 4.99 Å². The monoisotopic (exact) mass is 542 g/mol. The number of amides is 2. The zero-order valence-corrected chi connectivity index (χ0v) is 21.1. The first kappa shape index (κ1) is 25.4. The lowest BCUT2D eigenvalue weighted by Gasteiger charge is -2.38. The predicted octanol–water partition coefficient (Wildman–Crippen LogP) is 1.08. The van der Waals surface area contributed by atoms with E-state index < -0.39 is 0 Å². The first-order valence-corrected chi connectivity index (χ1v) is 10.7. The lowest BCUT2D eigenvalue weighted by molar-refractivity contribution is -0.136. The average Bonchev–Trinajstić information content (AvgIpc) is 3.19. The molecule has 31 heavy (non-hydrogen) atoms. The number of halogens is 1. The summed E-state index contributed by atoms with van der Waals surface area (Å²) >= 11 is 0. The maximum atomic E-state index is 12.9. The number of nitrogens with zero attached hydrogens (tertiary/aromatic N) is 5. The standard InChI is InChI=1S/C22H34N6O2.HI/c1-25(2)20(29)17-24-22(23-16-18-8-5-4-6-9-18)28-14-12-27(13-15-28)21(30)19-10-7-11-26(19)3;/h4-6,8-9,19H,7,10-17H2,1-3H3,(H,23,24);1H. The van der Waals surface area contributed by atoms with Gasteiger partial charge in [-0.05, 0) is 32.0 Å². The van der Waals surface area contributed by atoms with Gasteiger partial charge in [0.25, 0.3) is 0 Å². The maximum absolute atomic E-state index is 12.9. The molecule has 8 nitrogen and oxygen atoms in total. The second-order valence-corrected chi connectivity index (χ2v) is 8.22. The second-order valence-electron chi connectivity index (χ2n) is 8.22. The molecule has 0 saturated carbocycles. The topological polar surface area (TPSA) is 71.5 Å². The molecule has 0 spiro atoms. The predicted molar refractivity (Wildman–Crippen MR) is 133 cm³/mol. The first-order chi connectivity index (χ1) is 14.5. The van der Waals surface area contributed by atoms with E-state index >= 15 is 0 Å². The average molecular weight is 542 g/mol. The lowest BCUT2D eigenvalue weighted by Crippen LogP contribution is -2.57. The molecule has 9 heteroatoms. The molecule has 0 aromatic heterocycles. The summed E-state index contributed by atoms with van der Waals surface area (Å²) in [5.74, 6) is 0.966. The van der Waals surface area contributed by atoms with Crippen LogP contribution < -0.4 is 5.32 Å². The van der Waals surface area contributed by atoms with Gasteiger partial charge in [-0.15, -0.1) is 24.0 Å². The molecule has 2 heterocycles. The van der Waals surface area contributed by atoms with Crippen LogP contribution in [0, 0.1) is 0 Å². The van der Waals surface area contributed by atoms with Crippen molar-refractivity contribution in [2.45, 2.75) is 25.4 Å². The van der Waals surface area contributed by atoms with Crippen LogP contribution in [-0.4, -0.2) is 104 Å². The maximum Gasteiger partial charge on any atom is 0.241 e. The van der Waals surface area contributed by atoms with Crippen LogP contribution in [-0.2, 0) is 16.1 Å². The second kappa shape index (κ2) is 12.2. The van der Waals surface area contributed by atoms with Crippen LogP contribution in [0.15, 0.2) is 35.3 Å². The fourth-order valence-corrected chi connectivity index (χ4v) is 3.90. The Bertz CT molecular complexity index is 750. The fraction of sp³-hybridized carbons (Fsp3) is 0.591. The minimum absolute atomic E-state index is 0. The normalized spacial score (nSPS) is 19.7. The van der Waals surface area contributed by atoms with Gasteiger partial charge in [0, 0.05) is 40.3 Å². The highest BCUT2D eigenvalue weighted by Crippen LogP contribution is 2.18. The van der Waals surface area contributed by atoms with Crippen molar-refractivity contribution >= 4 is 41.8 Å². The van der Waals surface area contributed by atoms with E-state index in [4.69, 9.17) is 4.99 Å². The molecule has 172 valence electrons. The Balaban J connectivity index is 0.00000341. The highest BCUT2D eigenvalue weighted by molar-refractivity contribution is 14.0. The largest absolute Gasteiger partial charge is 0.347 e. The molecule has 1 aromatic rings. The SMILES string of the molecule is CN(C)C(=O)CNC(=NCc1ccccc1)N1CCN(C(=O)C2CCCN2C)CC1.I. The van der Waals surface area contributed by atoms with E-state index in [-0.39, 0.29) is 48.4 Å². The molecule has 2 fully saturated rings. The van der Waals surface area contributed by atoms with Crippen molar-refractivity contribution in [3.63, 3.8) is 0 Å². The summed E-state index contributed by atoms with van der Waals surface area (Å²) in [6.07, 6.45) is 2.04. The van der Waals surface area contributed by atoms with Crippen LogP contribution in [0.3, 0.4) is 0 Å². The molecule has 2 aliphatic rings. The highest BCUT2D eigenvalue weighted by atomic mass is 127. The Labute approximate surface area is 202 Å². The number of likely N-dealkylation sites (N-methyl/N-ethyl adjacent to an activating group) is 2. The van der Waals surface area contributed by atoms with Crippen LogP contribution >= 0.6 is 24.0 Å². The van der Waals surface area contributed by atoms with Crippen LogP contribution in [0.4, 0.5) is 0 Å². The van der Waals surface area contributed by atoms with Crippen molar-refractivity contribution in [1.29, 1.82) is 0 Å². The van der Waals surface area contributed by atoms with E-state index in [1.807, 2.05) is 42.3 Å². The molecule has 2 amide bonds. The molecular weight excluding hydrogens is 507 g/mol. The minimum atomic E-state index is 0. The number of benzene rings is 1. The van der Waals surface area contributed by atoms with Gasteiger partial charge < -0.3 is 20.0 Å². The van der Waals surface area contributed by atoms with Crippen molar-refractivity contribution in [3.8, 4) is 0 Å². The summed E-state index contributed by atoms with van der Waals surface area (Å²) in [7, 11) is 5.52. The van der Waals surface area contributed by atoms with Gasteiger partial charge in [-0.1, -0.05) is 30.3 Å². The van der Waals surface area contributed by atoms with E-state index in [1.165, 1.54) is 0 Å². The number of nitrogens with one attached hydrogen (secondary N) is 1. The Kier molecular flexibility index (Phi) is 10.0. The molecule has 2 aliphatic heterocycles. The summed E-state index contributed by atoms with van der Waals surface area (Å²) in [4.78, 5) is 37.5. The van der Waals surface area contributed by atoms with Crippen LogP contribution in [0.25, 0.3) is 0 Å². The summed E-state index contributed by atoms with van der Waals surface area (Å²) in [6.45, 7) is 4.51. The number of aliphatic imine (C=N–C) groups is 1. The smallest absolute Gasteiger partial charge is 0.241 e. The number of hydrogen-bond acceptors (Lipinski definition) is 4. The van der Waals surface area contributed by atoms with Gasteiger partial charge in [0.2, 0.25) is 11.8 Å². The summed E-state index contributed by atoms with van der Waals surface area (Å²) in [5, 5.41) is 3.22. The molecule has 0 radical (unpaired) electrons. The van der Waals surface area contributed by atoms with Gasteiger partial charge in [-0.3, -0.25) is 14.5 Å². The van der Waals surface area contributed by atoms with E-state index in [1.54, 1.807) is 19.0 Å². The number of carbonyl (C=O) groups is 2. The molecule has 1 atom stereocenters. The Hall–Kier alpha value is -1.88. The quantitative estimate of drug-likeness (QED) is 0.343. The molecule has 0 aliphatic carbocycles. The zero-order chi connectivity index (χ0) is 21.5. The van der Waals surface area contributed by atoms with Gasteiger partial charge in [0.1, 0.15) is 0 Å². The Morgan fingerprint density at radius 3 is 2.29 bits per heavy atom. The summed E-state index contributed by atoms with van der Waals surface area (Å²) < 4.78 is 0. The molecule has 1 unspecified atom stereocenters. The van der Waals surface area contributed by atoms with E-state index in [9.17, 15) is 9.59 Å². The third kappa shape index (κ3) is 7.06. The first-order valence-electron chi connectivity index (χ1n) is 10.7. The van der Waals surface area contributed by atoms with Gasteiger partial charge >= 0.3 is 0 Å². The minimum Gasteiger partial charge on any atom is -0.347 e. The zero-order valence-electron chi connectivity index (χ0n) is 18.8. The Morgan fingerprint density at radius 1 is 1.06 bits per heavy atom. The van der Waals surface area contributed by atoms with Crippen LogP contribution in [0.2, 0.25) is 0 Å². The number of hydrogen-bond donors (Lipinski definition) is 1. The molecule has 3 rings (SSSR count). The molecule has 1 aromatic carbocycles. The molecule has 1 N–H and O–H groups in total. The number of piperazine rings is 1. The highest BCUT2D eigenvalue weighted by Gasteiger charge is 2.33. The number of guanidine groups is 1. The third-order valence-corrected chi connectivity index (χ3v) is 5.85. The number of rotatable bonds is 5. The van der Waals surface area contributed by atoms with Gasteiger partial charge in [0.05, 0.1) is 19.1 Å². The van der Waals surface area contributed by atoms with Gasteiger partial charge in [-0.25, -0.2) is 4.99 Å². The van der Waals surface area contributed by atoms with E-state index in [0.29, 0.717) is 32.7 Å². The van der Waals surface area contributed by atoms with Crippen LogP contribution in [0.5, 0.6) is 0 Å². The van der Waals surface area contributed by atoms with Crippen molar-refractivity contribution in [3.05, 3.63) is 35.9 Å². The third-order valence-electron chi connectivity index (χ3n) is 5.85. The summed E-state index contributed by atoms with van der Waals surface area (Å²) in [6, 6.07) is 10.1. The molecule has 0 bridgehead atoms. The Morgan fingerprint density at radius 2 is 1.71 bits per heavy atom. The number of likely N-dealkylation sites (tertiary alicyclic amines) is 1. The van der Waals surface area contributed by atoms with Gasteiger partial charge in [0.15, 0.2) is 5.96 Å². The van der Waals surface area contributed by atoms with Crippen LogP contribution in [0.1, 0.15) is 18.4 Å². The molecule has 2 saturated heterocycles.